The predicted molar refractivity (Wildman–Crippen MR) is 80.1 cm³/mol. The smallest absolute Gasteiger partial charge is 0.262 e. The fourth-order valence-corrected chi connectivity index (χ4v) is 1.89. The second-order valence-electron chi connectivity index (χ2n) is 4.58. The Morgan fingerprint density at radius 2 is 1.96 bits per heavy atom. The van der Waals surface area contributed by atoms with E-state index in [-0.39, 0.29) is 18.3 Å². The number of para-hydroxylation sites is 1. The lowest BCUT2D eigenvalue weighted by atomic mass is 10.2. The number of H-pyrrole nitrogens is 1. The lowest BCUT2D eigenvalue weighted by molar-refractivity contribution is -0.118. The van der Waals surface area contributed by atoms with Crippen LogP contribution in [0, 0.1) is 5.82 Å². The number of nitrogens with one attached hydrogen (secondary N) is 2. The van der Waals surface area contributed by atoms with Crippen LogP contribution in [0.25, 0.3) is 11.4 Å². The third kappa shape index (κ3) is 3.67. The molecule has 1 aromatic heterocycles. The van der Waals surface area contributed by atoms with E-state index in [1.54, 1.807) is 36.4 Å². The lowest BCUT2D eigenvalue weighted by Crippen LogP contribution is -2.20. The van der Waals surface area contributed by atoms with E-state index in [4.69, 9.17) is 4.74 Å². The minimum absolute atomic E-state index is 0.0371. The van der Waals surface area contributed by atoms with Crippen molar-refractivity contribution in [3.8, 4) is 17.1 Å². The molecule has 1 heterocycles. The summed E-state index contributed by atoms with van der Waals surface area (Å²) in [4.78, 5) is 11.8. The number of carbonyl (C=O) groups is 1. The number of nitrogens with zero attached hydrogens (tertiary/aromatic N) is 3. The average Bonchev–Trinajstić information content (AvgIpc) is 3.09. The summed E-state index contributed by atoms with van der Waals surface area (Å²) in [6.45, 7) is -0.284. The Hall–Kier alpha value is -3.29. The molecule has 3 aromatic rings. The molecule has 0 saturated heterocycles. The zero-order valence-electron chi connectivity index (χ0n) is 11.9. The Morgan fingerprint density at radius 3 is 2.65 bits per heavy atom. The fourth-order valence-electron chi connectivity index (χ4n) is 1.89. The van der Waals surface area contributed by atoms with Gasteiger partial charge in [0.1, 0.15) is 0 Å². The van der Waals surface area contributed by atoms with Gasteiger partial charge in [-0.2, -0.15) is 5.21 Å². The summed E-state index contributed by atoms with van der Waals surface area (Å²) in [5.74, 6) is -0.397. The average molecular weight is 313 g/mol. The van der Waals surface area contributed by atoms with E-state index in [2.05, 4.69) is 25.9 Å². The van der Waals surface area contributed by atoms with Crippen molar-refractivity contribution in [3.63, 3.8) is 0 Å². The van der Waals surface area contributed by atoms with Crippen molar-refractivity contribution in [2.24, 2.45) is 0 Å². The zero-order valence-corrected chi connectivity index (χ0v) is 11.9. The van der Waals surface area contributed by atoms with Gasteiger partial charge in [0, 0.05) is 11.3 Å². The van der Waals surface area contributed by atoms with Crippen LogP contribution < -0.4 is 10.1 Å². The molecular weight excluding hydrogens is 301 g/mol. The van der Waals surface area contributed by atoms with Crippen molar-refractivity contribution >= 4 is 11.6 Å². The maximum Gasteiger partial charge on any atom is 0.262 e. The van der Waals surface area contributed by atoms with Crippen LogP contribution in [-0.2, 0) is 4.79 Å². The minimum Gasteiger partial charge on any atom is -0.481 e. The van der Waals surface area contributed by atoms with E-state index < -0.39 is 5.82 Å². The third-order valence-electron chi connectivity index (χ3n) is 2.97. The molecule has 1 amide bonds. The Morgan fingerprint density at radius 1 is 1.17 bits per heavy atom. The van der Waals surface area contributed by atoms with Gasteiger partial charge in [0.15, 0.2) is 18.2 Å². The molecular formula is C15H12FN5O2. The molecule has 116 valence electrons. The topological polar surface area (TPSA) is 92.8 Å². The summed E-state index contributed by atoms with van der Waals surface area (Å²) in [6, 6.07) is 12.8. The first-order valence-corrected chi connectivity index (χ1v) is 6.73. The molecule has 0 unspecified atom stereocenters. The van der Waals surface area contributed by atoms with Gasteiger partial charge >= 0.3 is 0 Å². The number of anilines is 1. The first-order valence-electron chi connectivity index (χ1n) is 6.73. The third-order valence-corrected chi connectivity index (χ3v) is 2.97. The van der Waals surface area contributed by atoms with Gasteiger partial charge in [-0.05, 0) is 41.6 Å². The summed E-state index contributed by atoms with van der Waals surface area (Å²) in [7, 11) is 0. The van der Waals surface area contributed by atoms with Crippen molar-refractivity contribution in [2.45, 2.75) is 0 Å². The molecule has 0 fully saturated rings. The monoisotopic (exact) mass is 313 g/mol. The minimum atomic E-state index is -0.509. The molecule has 0 aliphatic rings. The van der Waals surface area contributed by atoms with Crippen molar-refractivity contribution < 1.29 is 13.9 Å². The lowest BCUT2D eigenvalue weighted by Gasteiger charge is -2.08. The number of amides is 1. The van der Waals surface area contributed by atoms with Crippen LogP contribution in [0.5, 0.6) is 5.75 Å². The molecule has 7 nitrogen and oxygen atoms in total. The molecule has 0 bridgehead atoms. The molecule has 0 aliphatic carbocycles. The quantitative estimate of drug-likeness (QED) is 0.752. The van der Waals surface area contributed by atoms with Crippen molar-refractivity contribution in [1.29, 1.82) is 0 Å². The van der Waals surface area contributed by atoms with E-state index in [0.29, 0.717) is 11.5 Å². The Bertz CT molecular complexity index is 790. The molecule has 2 N–H and O–H groups in total. The number of tetrazole rings is 1. The molecule has 23 heavy (non-hydrogen) atoms. The van der Waals surface area contributed by atoms with Crippen molar-refractivity contribution in [1.82, 2.24) is 20.6 Å². The van der Waals surface area contributed by atoms with Crippen LogP contribution in [0.4, 0.5) is 10.1 Å². The summed E-state index contributed by atoms with van der Waals surface area (Å²) < 4.78 is 18.5. The number of halogens is 1. The van der Waals surface area contributed by atoms with E-state index in [1.165, 1.54) is 12.1 Å². The van der Waals surface area contributed by atoms with Gasteiger partial charge in [0.05, 0.1) is 0 Å². The molecule has 3 rings (SSSR count). The molecule has 2 aromatic carbocycles. The van der Waals surface area contributed by atoms with Crippen LogP contribution in [0.15, 0.2) is 48.5 Å². The Balaban J connectivity index is 1.57. The van der Waals surface area contributed by atoms with Gasteiger partial charge in [-0.15, -0.1) is 10.2 Å². The largest absolute Gasteiger partial charge is 0.481 e. The first-order chi connectivity index (χ1) is 11.2. The summed E-state index contributed by atoms with van der Waals surface area (Å²) in [6.07, 6.45) is 0. The summed E-state index contributed by atoms with van der Waals surface area (Å²) in [5.41, 5.74) is 1.35. The highest BCUT2D eigenvalue weighted by molar-refractivity contribution is 5.92. The van der Waals surface area contributed by atoms with Crippen molar-refractivity contribution in [2.75, 3.05) is 11.9 Å². The second-order valence-corrected chi connectivity index (χ2v) is 4.58. The summed E-state index contributed by atoms with van der Waals surface area (Å²) in [5, 5.41) is 16.2. The molecule has 8 heteroatoms. The van der Waals surface area contributed by atoms with Gasteiger partial charge in [-0.1, -0.05) is 12.1 Å². The first kappa shape index (κ1) is 14.6. The van der Waals surface area contributed by atoms with E-state index in [0.717, 1.165) is 5.56 Å². The van der Waals surface area contributed by atoms with E-state index in [9.17, 15) is 9.18 Å². The highest BCUT2D eigenvalue weighted by Crippen LogP contribution is 2.17. The molecule has 0 spiro atoms. The number of rotatable bonds is 5. The summed E-state index contributed by atoms with van der Waals surface area (Å²) >= 11 is 0. The number of hydrogen-bond acceptors (Lipinski definition) is 5. The van der Waals surface area contributed by atoms with Crippen LogP contribution in [0.2, 0.25) is 0 Å². The highest BCUT2D eigenvalue weighted by Gasteiger charge is 2.07. The zero-order chi connectivity index (χ0) is 16.1. The number of aromatic amines is 1. The highest BCUT2D eigenvalue weighted by atomic mass is 19.1. The van der Waals surface area contributed by atoms with Gasteiger partial charge in [0.2, 0.25) is 5.82 Å². The van der Waals surface area contributed by atoms with Crippen LogP contribution in [-0.4, -0.2) is 33.1 Å². The Kier molecular flexibility index (Phi) is 4.23. The fraction of sp³-hybridized carbons (Fsp3) is 0.0667. The standard InChI is InChI=1S/C15H12FN5O2/c16-12-3-1-2-4-13(12)23-9-14(22)17-11-7-5-10(6-8-11)15-18-20-21-19-15/h1-8H,9H2,(H,17,22)(H,18,19,20,21). The molecule has 0 radical (unpaired) electrons. The normalized spacial score (nSPS) is 10.3. The molecule has 0 saturated carbocycles. The van der Waals surface area contributed by atoms with Gasteiger partial charge in [0.25, 0.3) is 5.91 Å². The number of hydrogen-bond donors (Lipinski definition) is 2. The number of ether oxygens (including phenoxy) is 1. The van der Waals surface area contributed by atoms with Crippen molar-refractivity contribution in [3.05, 3.63) is 54.3 Å². The van der Waals surface area contributed by atoms with Crippen LogP contribution in [0.1, 0.15) is 0 Å². The number of aromatic nitrogens is 4. The Labute approximate surface area is 130 Å². The SMILES string of the molecule is O=C(COc1ccccc1F)Nc1ccc(-c2nn[nH]n2)cc1. The maximum absolute atomic E-state index is 13.4. The van der Waals surface area contributed by atoms with Gasteiger partial charge < -0.3 is 10.1 Å². The maximum atomic E-state index is 13.4. The van der Waals surface area contributed by atoms with E-state index >= 15 is 0 Å². The van der Waals surface area contributed by atoms with Gasteiger partial charge in [-0.3, -0.25) is 4.79 Å². The van der Waals surface area contributed by atoms with Crippen LogP contribution in [0.3, 0.4) is 0 Å². The second kappa shape index (κ2) is 6.65. The number of carbonyl (C=O) groups excluding carboxylic acids is 1. The number of benzene rings is 2. The molecule has 0 atom stereocenters. The molecule has 0 aliphatic heterocycles. The van der Waals surface area contributed by atoms with Crippen LogP contribution >= 0.6 is 0 Å². The van der Waals surface area contributed by atoms with E-state index in [1.807, 2.05) is 0 Å². The predicted octanol–water partition coefficient (Wildman–Crippen LogP) is 2.02. The van der Waals surface area contributed by atoms with Gasteiger partial charge in [-0.25, -0.2) is 4.39 Å².